The normalized spacial score (nSPS) is 14.4. The number of nitrogens with two attached hydrogens (primary N) is 1. The highest BCUT2D eigenvalue weighted by Crippen LogP contribution is 2.08. The first-order chi connectivity index (χ1) is 8.13. The van der Waals surface area contributed by atoms with Crippen LogP contribution in [0.2, 0.25) is 0 Å². The smallest absolute Gasteiger partial charge is 0.323 e. The summed E-state index contributed by atoms with van der Waals surface area (Å²) in [6.45, 7) is 6.75. The van der Waals surface area contributed by atoms with Crippen LogP contribution in [-0.2, 0) is 9.53 Å². The standard InChI is InChI=1S/C14H29NO2/c1-4-6-7-8-9-10-11-17-14(16)13(15)12(3)5-2/h12-13H,4-11,15H2,1-3H3/t12?,13-/m0/s1. The van der Waals surface area contributed by atoms with Gasteiger partial charge in [-0.05, 0) is 12.3 Å². The molecule has 0 aromatic rings. The molecule has 0 rings (SSSR count). The number of rotatable bonds is 10. The molecule has 0 aromatic carbocycles. The number of esters is 1. The third kappa shape index (κ3) is 8.19. The maximum Gasteiger partial charge on any atom is 0.323 e. The van der Waals surface area contributed by atoms with Gasteiger partial charge in [-0.15, -0.1) is 0 Å². The Morgan fingerprint density at radius 1 is 1.12 bits per heavy atom. The van der Waals surface area contributed by atoms with Crippen molar-refractivity contribution in [2.24, 2.45) is 11.7 Å². The summed E-state index contributed by atoms with van der Waals surface area (Å²) in [4.78, 5) is 11.5. The molecule has 0 heterocycles. The lowest BCUT2D eigenvalue weighted by Crippen LogP contribution is -2.38. The second-order valence-corrected chi connectivity index (χ2v) is 4.85. The Morgan fingerprint density at radius 3 is 2.29 bits per heavy atom. The van der Waals surface area contributed by atoms with Gasteiger partial charge >= 0.3 is 5.97 Å². The van der Waals surface area contributed by atoms with Gasteiger partial charge in [0.05, 0.1) is 6.61 Å². The number of hydrogen-bond donors (Lipinski definition) is 1. The molecule has 102 valence electrons. The molecule has 0 saturated carbocycles. The third-order valence-corrected chi connectivity index (χ3v) is 3.27. The first kappa shape index (κ1) is 16.4. The number of unbranched alkanes of at least 4 members (excludes halogenated alkanes) is 5. The molecular weight excluding hydrogens is 214 g/mol. The van der Waals surface area contributed by atoms with Gasteiger partial charge in [0.15, 0.2) is 0 Å². The van der Waals surface area contributed by atoms with Gasteiger partial charge in [-0.3, -0.25) is 4.79 Å². The van der Waals surface area contributed by atoms with Crippen molar-refractivity contribution in [2.45, 2.75) is 71.8 Å². The molecule has 0 bridgehead atoms. The molecule has 17 heavy (non-hydrogen) atoms. The zero-order valence-electron chi connectivity index (χ0n) is 11.7. The summed E-state index contributed by atoms with van der Waals surface area (Å²) in [5, 5.41) is 0. The van der Waals surface area contributed by atoms with Crippen LogP contribution in [0.25, 0.3) is 0 Å². The summed E-state index contributed by atoms with van der Waals surface area (Å²) in [5.74, 6) is -0.0417. The van der Waals surface area contributed by atoms with Gasteiger partial charge in [-0.2, -0.15) is 0 Å². The van der Waals surface area contributed by atoms with Crippen LogP contribution in [0.4, 0.5) is 0 Å². The fourth-order valence-electron chi connectivity index (χ4n) is 1.64. The Bertz CT molecular complexity index is 195. The first-order valence-corrected chi connectivity index (χ1v) is 7.05. The van der Waals surface area contributed by atoms with E-state index in [-0.39, 0.29) is 11.9 Å². The van der Waals surface area contributed by atoms with E-state index < -0.39 is 6.04 Å². The van der Waals surface area contributed by atoms with Gasteiger partial charge < -0.3 is 10.5 Å². The summed E-state index contributed by atoms with van der Waals surface area (Å²) < 4.78 is 5.17. The molecule has 0 amide bonds. The van der Waals surface area contributed by atoms with Crippen LogP contribution in [0.3, 0.4) is 0 Å². The van der Waals surface area contributed by atoms with Crippen molar-refractivity contribution >= 4 is 5.97 Å². The minimum absolute atomic E-state index is 0.201. The topological polar surface area (TPSA) is 52.3 Å². The van der Waals surface area contributed by atoms with Crippen molar-refractivity contribution < 1.29 is 9.53 Å². The van der Waals surface area contributed by atoms with Crippen molar-refractivity contribution in [3.63, 3.8) is 0 Å². The Hall–Kier alpha value is -0.570. The predicted molar refractivity (Wildman–Crippen MR) is 71.8 cm³/mol. The summed E-state index contributed by atoms with van der Waals surface area (Å²) in [7, 11) is 0. The molecule has 0 aromatic heterocycles. The van der Waals surface area contributed by atoms with Gasteiger partial charge in [0.25, 0.3) is 0 Å². The van der Waals surface area contributed by atoms with Crippen molar-refractivity contribution in [3.8, 4) is 0 Å². The molecule has 0 aliphatic rings. The minimum atomic E-state index is -0.458. The molecule has 1 unspecified atom stereocenters. The van der Waals surface area contributed by atoms with Gasteiger partial charge in [0.2, 0.25) is 0 Å². The van der Waals surface area contributed by atoms with Crippen molar-refractivity contribution in [2.75, 3.05) is 6.61 Å². The molecule has 0 saturated heterocycles. The van der Waals surface area contributed by atoms with Crippen LogP contribution in [0, 0.1) is 5.92 Å². The van der Waals surface area contributed by atoms with Gasteiger partial charge in [-0.25, -0.2) is 0 Å². The van der Waals surface area contributed by atoms with E-state index in [4.69, 9.17) is 10.5 Å². The van der Waals surface area contributed by atoms with Crippen molar-refractivity contribution in [1.82, 2.24) is 0 Å². The average molecular weight is 243 g/mol. The Balaban J connectivity index is 3.45. The van der Waals surface area contributed by atoms with Crippen LogP contribution < -0.4 is 5.73 Å². The molecule has 0 radical (unpaired) electrons. The molecule has 3 nitrogen and oxygen atoms in total. The molecule has 2 atom stereocenters. The van der Waals surface area contributed by atoms with E-state index in [9.17, 15) is 4.79 Å². The number of ether oxygens (including phenoxy) is 1. The summed E-state index contributed by atoms with van der Waals surface area (Å²) in [6, 6.07) is -0.458. The summed E-state index contributed by atoms with van der Waals surface area (Å²) in [5.41, 5.74) is 5.78. The van der Waals surface area contributed by atoms with E-state index in [0.29, 0.717) is 6.61 Å². The highest BCUT2D eigenvalue weighted by Gasteiger charge is 2.20. The van der Waals surface area contributed by atoms with E-state index in [1.807, 2.05) is 13.8 Å². The molecule has 3 heteroatoms. The fourth-order valence-corrected chi connectivity index (χ4v) is 1.64. The van der Waals surface area contributed by atoms with E-state index in [1.165, 1.54) is 25.7 Å². The fraction of sp³-hybridized carbons (Fsp3) is 0.929. The molecule has 0 spiro atoms. The zero-order valence-corrected chi connectivity index (χ0v) is 11.7. The first-order valence-electron chi connectivity index (χ1n) is 7.05. The number of carbonyl (C=O) groups is 1. The third-order valence-electron chi connectivity index (χ3n) is 3.27. The Kier molecular flexibility index (Phi) is 10.2. The van der Waals surface area contributed by atoms with Gasteiger partial charge in [0.1, 0.15) is 6.04 Å². The summed E-state index contributed by atoms with van der Waals surface area (Å²) in [6.07, 6.45) is 8.11. The molecule has 0 aliphatic carbocycles. The number of carbonyl (C=O) groups excluding carboxylic acids is 1. The van der Waals surface area contributed by atoms with Gasteiger partial charge in [-0.1, -0.05) is 59.3 Å². The SMILES string of the molecule is CCCCCCCCOC(=O)[C@@H](N)C(C)CC. The van der Waals surface area contributed by atoms with Crippen LogP contribution in [-0.4, -0.2) is 18.6 Å². The van der Waals surface area contributed by atoms with Crippen LogP contribution >= 0.6 is 0 Å². The quantitative estimate of drug-likeness (QED) is 0.473. The molecule has 2 N–H and O–H groups in total. The highest BCUT2D eigenvalue weighted by atomic mass is 16.5. The van der Waals surface area contributed by atoms with E-state index in [2.05, 4.69) is 6.92 Å². The minimum Gasteiger partial charge on any atom is -0.465 e. The van der Waals surface area contributed by atoms with Crippen LogP contribution in [0.1, 0.15) is 65.7 Å². The lowest BCUT2D eigenvalue weighted by atomic mass is 10.0. The van der Waals surface area contributed by atoms with Gasteiger partial charge in [0, 0.05) is 0 Å². The lowest BCUT2D eigenvalue weighted by molar-refractivity contribution is -0.146. The monoisotopic (exact) mass is 243 g/mol. The zero-order chi connectivity index (χ0) is 13.1. The average Bonchev–Trinajstić information content (AvgIpc) is 2.35. The summed E-state index contributed by atoms with van der Waals surface area (Å²) >= 11 is 0. The maximum atomic E-state index is 11.5. The second kappa shape index (κ2) is 10.6. The molecule has 0 aliphatic heterocycles. The van der Waals surface area contributed by atoms with E-state index in [0.717, 1.165) is 19.3 Å². The molecular formula is C14H29NO2. The van der Waals surface area contributed by atoms with Crippen molar-refractivity contribution in [3.05, 3.63) is 0 Å². The maximum absolute atomic E-state index is 11.5. The van der Waals surface area contributed by atoms with Crippen molar-refractivity contribution in [1.29, 1.82) is 0 Å². The Labute approximate surface area is 106 Å². The predicted octanol–water partition coefficient (Wildman–Crippen LogP) is 3.26. The highest BCUT2D eigenvalue weighted by molar-refractivity contribution is 5.75. The molecule has 0 fully saturated rings. The van der Waals surface area contributed by atoms with E-state index >= 15 is 0 Å². The second-order valence-electron chi connectivity index (χ2n) is 4.85. The van der Waals surface area contributed by atoms with Crippen LogP contribution in [0.5, 0.6) is 0 Å². The Morgan fingerprint density at radius 2 is 1.71 bits per heavy atom. The number of hydrogen-bond acceptors (Lipinski definition) is 3. The van der Waals surface area contributed by atoms with Crippen LogP contribution in [0.15, 0.2) is 0 Å². The van der Waals surface area contributed by atoms with E-state index in [1.54, 1.807) is 0 Å². The largest absolute Gasteiger partial charge is 0.465 e. The lowest BCUT2D eigenvalue weighted by Gasteiger charge is -2.16.